The highest BCUT2D eigenvalue weighted by Gasteiger charge is 2.13. The number of nitrogens with one attached hydrogen (secondary N) is 2. The quantitative estimate of drug-likeness (QED) is 0.897. The predicted molar refractivity (Wildman–Crippen MR) is 78.0 cm³/mol. The Labute approximate surface area is 117 Å². The van der Waals surface area contributed by atoms with Crippen molar-refractivity contribution in [1.82, 2.24) is 10.2 Å². The number of amides is 1. The summed E-state index contributed by atoms with van der Waals surface area (Å²) in [7, 11) is 0. The molecule has 1 aromatic carbocycles. The molecule has 20 heavy (non-hydrogen) atoms. The molecular formula is C15H17N3O2. The molecule has 1 unspecified atom stereocenters. The van der Waals surface area contributed by atoms with Crippen molar-refractivity contribution in [2.75, 3.05) is 5.32 Å². The molecule has 0 bridgehead atoms. The molecule has 2 N–H and O–H groups in total. The minimum Gasteiger partial charge on any atom is -0.320 e. The first-order valence-corrected chi connectivity index (χ1v) is 6.57. The van der Waals surface area contributed by atoms with Crippen LogP contribution in [-0.4, -0.2) is 16.1 Å². The van der Waals surface area contributed by atoms with Gasteiger partial charge in [-0.15, -0.1) is 0 Å². The predicted octanol–water partition coefficient (Wildman–Crippen LogP) is 2.54. The number of carbonyl (C=O) groups is 1. The molecule has 5 nitrogen and oxygen atoms in total. The van der Waals surface area contributed by atoms with Crippen molar-refractivity contribution < 1.29 is 4.79 Å². The topological polar surface area (TPSA) is 74.8 Å². The summed E-state index contributed by atoms with van der Waals surface area (Å²) in [6.45, 7) is 4.22. The minimum absolute atomic E-state index is 0.184. The van der Waals surface area contributed by atoms with Gasteiger partial charge in [-0.05, 0) is 30.0 Å². The monoisotopic (exact) mass is 271 g/mol. The van der Waals surface area contributed by atoms with E-state index in [9.17, 15) is 9.59 Å². The Morgan fingerprint density at radius 3 is 2.70 bits per heavy atom. The van der Waals surface area contributed by atoms with E-state index in [-0.39, 0.29) is 17.2 Å². The first-order valence-electron chi connectivity index (χ1n) is 6.57. The molecule has 0 fully saturated rings. The van der Waals surface area contributed by atoms with E-state index in [0.717, 1.165) is 17.7 Å². The average molecular weight is 271 g/mol. The molecule has 0 saturated heterocycles. The number of aromatic amines is 1. The average Bonchev–Trinajstić information content (AvgIpc) is 2.47. The van der Waals surface area contributed by atoms with E-state index in [2.05, 4.69) is 29.4 Å². The molecule has 104 valence electrons. The van der Waals surface area contributed by atoms with E-state index in [4.69, 9.17) is 0 Å². The van der Waals surface area contributed by atoms with Crippen LogP contribution in [0.25, 0.3) is 0 Å². The summed E-state index contributed by atoms with van der Waals surface area (Å²) in [5.41, 5.74) is 1.72. The van der Waals surface area contributed by atoms with E-state index >= 15 is 0 Å². The number of aromatic nitrogens is 2. The fourth-order valence-electron chi connectivity index (χ4n) is 1.92. The lowest BCUT2D eigenvalue weighted by molar-refractivity contribution is 0.102. The van der Waals surface area contributed by atoms with Crippen LogP contribution in [0.15, 0.2) is 41.2 Å². The van der Waals surface area contributed by atoms with Crippen LogP contribution in [0.4, 0.5) is 5.69 Å². The van der Waals surface area contributed by atoms with Gasteiger partial charge in [0.1, 0.15) is 5.69 Å². The van der Waals surface area contributed by atoms with Gasteiger partial charge in [0.15, 0.2) is 0 Å². The summed E-state index contributed by atoms with van der Waals surface area (Å²) in [4.78, 5) is 23.0. The van der Waals surface area contributed by atoms with Gasteiger partial charge in [0.2, 0.25) is 0 Å². The molecule has 0 spiro atoms. The fraction of sp³-hybridized carbons (Fsp3) is 0.267. The van der Waals surface area contributed by atoms with Crippen molar-refractivity contribution in [3.63, 3.8) is 0 Å². The maximum absolute atomic E-state index is 12.1. The molecular weight excluding hydrogens is 254 g/mol. The number of rotatable bonds is 4. The lowest BCUT2D eigenvalue weighted by Crippen LogP contribution is -2.18. The second-order valence-corrected chi connectivity index (χ2v) is 4.66. The maximum atomic E-state index is 12.1. The van der Waals surface area contributed by atoms with Crippen LogP contribution in [0.3, 0.4) is 0 Å². The van der Waals surface area contributed by atoms with Gasteiger partial charge in [0.05, 0.1) is 0 Å². The third-order valence-electron chi connectivity index (χ3n) is 3.26. The number of hydrogen-bond donors (Lipinski definition) is 2. The number of hydrogen-bond acceptors (Lipinski definition) is 3. The molecule has 0 aliphatic heterocycles. The molecule has 1 aromatic heterocycles. The summed E-state index contributed by atoms with van der Waals surface area (Å²) in [5.74, 6) is 0.0204. The van der Waals surface area contributed by atoms with Gasteiger partial charge in [0, 0.05) is 11.8 Å². The molecule has 1 amide bonds. The summed E-state index contributed by atoms with van der Waals surface area (Å²) < 4.78 is 0. The van der Waals surface area contributed by atoms with Gasteiger partial charge >= 0.3 is 0 Å². The number of benzene rings is 1. The summed E-state index contributed by atoms with van der Waals surface area (Å²) in [6, 6.07) is 10.4. The lowest BCUT2D eigenvalue weighted by Gasteiger charge is -2.15. The highest BCUT2D eigenvalue weighted by Crippen LogP contribution is 2.26. The standard InChI is InChI=1S/C15H17N3O2/c1-3-10(2)11-6-4-5-7-12(11)16-15(20)13-8-9-14(19)18-17-13/h4-10H,3H2,1-2H3,(H,16,20)(H,18,19). The van der Waals surface area contributed by atoms with Crippen LogP contribution >= 0.6 is 0 Å². The molecule has 1 atom stereocenters. The molecule has 0 radical (unpaired) electrons. The van der Waals surface area contributed by atoms with Crippen LogP contribution in [0.1, 0.15) is 42.2 Å². The second-order valence-electron chi connectivity index (χ2n) is 4.66. The molecule has 2 rings (SSSR count). The second kappa shape index (κ2) is 6.14. The smallest absolute Gasteiger partial charge is 0.276 e. The molecule has 0 saturated carbocycles. The lowest BCUT2D eigenvalue weighted by atomic mass is 9.97. The fourth-order valence-corrected chi connectivity index (χ4v) is 1.92. The Hall–Kier alpha value is -2.43. The summed E-state index contributed by atoms with van der Waals surface area (Å²) in [6.07, 6.45) is 0.990. The number of nitrogens with zero attached hydrogens (tertiary/aromatic N) is 1. The van der Waals surface area contributed by atoms with E-state index in [1.165, 1.54) is 12.1 Å². The largest absolute Gasteiger partial charge is 0.320 e. The Balaban J connectivity index is 2.24. The van der Waals surface area contributed by atoms with Crippen LogP contribution in [-0.2, 0) is 0 Å². The van der Waals surface area contributed by atoms with Crippen molar-refractivity contribution in [2.45, 2.75) is 26.2 Å². The van der Waals surface area contributed by atoms with Crippen LogP contribution < -0.4 is 10.9 Å². The van der Waals surface area contributed by atoms with Crippen molar-refractivity contribution in [3.8, 4) is 0 Å². The third kappa shape index (κ3) is 3.12. The summed E-state index contributed by atoms with van der Waals surface area (Å²) in [5, 5.41) is 8.81. The number of H-pyrrole nitrogens is 1. The maximum Gasteiger partial charge on any atom is 0.276 e. The van der Waals surface area contributed by atoms with Gasteiger partial charge in [-0.1, -0.05) is 32.0 Å². The Morgan fingerprint density at radius 1 is 1.30 bits per heavy atom. The van der Waals surface area contributed by atoms with Crippen LogP contribution in [0.2, 0.25) is 0 Å². The molecule has 5 heteroatoms. The number of carbonyl (C=O) groups excluding carboxylic acids is 1. The van der Waals surface area contributed by atoms with E-state index in [1.54, 1.807) is 0 Å². The van der Waals surface area contributed by atoms with E-state index in [1.807, 2.05) is 24.3 Å². The zero-order valence-corrected chi connectivity index (χ0v) is 11.5. The highest BCUT2D eigenvalue weighted by molar-refractivity contribution is 6.03. The van der Waals surface area contributed by atoms with Gasteiger partial charge < -0.3 is 5.32 Å². The van der Waals surface area contributed by atoms with Gasteiger partial charge in [-0.3, -0.25) is 9.59 Å². The van der Waals surface area contributed by atoms with Crippen molar-refractivity contribution in [1.29, 1.82) is 0 Å². The SMILES string of the molecule is CCC(C)c1ccccc1NC(=O)c1ccc(=O)[nH]n1. The van der Waals surface area contributed by atoms with Crippen LogP contribution in [0.5, 0.6) is 0 Å². The Morgan fingerprint density at radius 2 is 2.05 bits per heavy atom. The molecule has 1 heterocycles. The normalized spacial score (nSPS) is 11.9. The van der Waals surface area contributed by atoms with Crippen molar-refractivity contribution >= 4 is 11.6 Å². The molecule has 2 aromatic rings. The third-order valence-corrected chi connectivity index (χ3v) is 3.26. The van der Waals surface area contributed by atoms with Gasteiger partial charge in [-0.2, -0.15) is 5.10 Å². The minimum atomic E-state index is -0.336. The van der Waals surface area contributed by atoms with Crippen molar-refractivity contribution in [2.24, 2.45) is 0 Å². The first-order chi connectivity index (χ1) is 9.61. The van der Waals surface area contributed by atoms with E-state index in [0.29, 0.717) is 5.92 Å². The van der Waals surface area contributed by atoms with Gasteiger partial charge in [0.25, 0.3) is 11.5 Å². The van der Waals surface area contributed by atoms with Crippen molar-refractivity contribution in [3.05, 3.63) is 58.0 Å². The summed E-state index contributed by atoms with van der Waals surface area (Å²) >= 11 is 0. The number of anilines is 1. The Kier molecular flexibility index (Phi) is 4.30. The van der Waals surface area contributed by atoms with Crippen LogP contribution in [0, 0.1) is 0 Å². The van der Waals surface area contributed by atoms with E-state index < -0.39 is 0 Å². The molecule has 0 aliphatic rings. The zero-order valence-electron chi connectivity index (χ0n) is 11.5. The zero-order chi connectivity index (χ0) is 14.5. The molecule has 0 aliphatic carbocycles. The Bertz CT molecular complexity index is 644. The first kappa shape index (κ1) is 14.0. The van der Waals surface area contributed by atoms with Gasteiger partial charge in [-0.25, -0.2) is 5.10 Å². The number of para-hydroxylation sites is 1. The highest BCUT2D eigenvalue weighted by atomic mass is 16.2.